The highest BCUT2D eigenvalue weighted by atomic mass is 14.9. The van der Waals surface area contributed by atoms with E-state index in [0.29, 0.717) is 0 Å². The van der Waals surface area contributed by atoms with Crippen molar-refractivity contribution in [3.63, 3.8) is 0 Å². The van der Waals surface area contributed by atoms with Crippen LogP contribution in [-0.4, -0.2) is 4.98 Å². The number of pyridine rings is 1. The van der Waals surface area contributed by atoms with Crippen molar-refractivity contribution in [3.8, 4) is 0 Å². The van der Waals surface area contributed by atoms with E-state index in [1.807, 2.05) is 48.7 Å². The number of benzene rings is 1. The van der Waals surface area contributed by atoms with Gasteiger partial charge in [0.15, 0.2) is 0 Å². The average Bonchev–Trinajstić information content (AvgIpc) is 2.42. The van der Waals surface area contributed by atoms with Crippen molar-refractivity contribution < 1.29 is 0 Å². The van der Waals surface area contributed by atoms with Gasteiger partial charge in [0.1, 0.15) is 0 Å². The zero-order valence-corrected chi connectivity index (χ0v) is 9.71. The quantitative estimate of drug-likeness (QED) is 0.789. The highest BCUT2D eigenvalue weighted by Gasteiger charge is 2.05. The molecule has 0 fully saturated rings. The molecule has 0 aliphatic rings. The molecule has 0 saturated carbocycles. The molecule has 0 amide bonds. The molecule has 0 saturated heterocycles. The van der Waals surface area contributed by atoms with Gasteiger partial charge in [-0.05, 0) is 17.7 Å². The number of hydrogen-bond donors (Lipinski definition) is 1. The van der Waals surface area contributed by atoms with Crippen LogP contribution in [0.2, 0.25) is 0 Å². The lowest BCUT2D eigenvalue weighted by molar-refractivity contribution is 0.613. The smallest absolute Gasteiger partial charge is 0.0541 e. The molecule has 0 aliphatic carbocycles. The van der Waals surface area contributed by atoms with Crippen molar-refractivity contribution in [1.82, 2.24) is 10.3 Å². The molecule has 1 unspecified atom stereocenters. The Bertz CT molecular complexity index is 451. The van der Waals surface area contributed by atoms with E-state index in [2.05, 4.69) is 29.0 Å². The van der Waals surface area contributed by atoms with Crippen molar-refractivity contribution in [1.29, 1.82) is 0 Å². The Hall–Kier alpha value is -1.93. The van der Waals surface area contributed by atoms with E-state index in [-0.39, 0.29) is 6.04 Å². The Labute approximate surface area is 102 Å². The summed E-state index contributed by atoms with van der Waals surface area (Å²) >= 11 is 0. The van der Waals surface area contributed by atoms with E-state index in [9.17, 15) is 0 Å². The maximum atomic E-state index is 4.28. The summed E-state index contributed by atoms with van der Waals surface area (Å²) in [4.78, 5) is 4.28. The lowest BCUT2D eigenvalue weighted by atomic mass is 10.1. The average molecular weight is 224 g/mol. The minimum atomic E-state index is 0.165. The molecule has 1 aromatic carbocycles. The monoisotopic (exact) mass is 224 g/mol. The number of nitrogens with one attached hydrogen (secondary N) is 1. The fourth-order valence-corrected chi connectivity index (χ4v) is 1.71. The van der Waals surface area contributed by atoms with E-state index in [4.69, 9.17) is 0 Å². The van der Waals surface area contributed by atoms with Crippen LogP contribution >= 0.6 is 0 Å². The molecule has 2 rings (SSSR count). The SMILES string of the molecule is C=CC(NCc1ccccn1)c1ccccc1. The largest absolute Gasteiger partial charge is 0.301 e. The van der Waals surface area contributed by atoms with Crippen molar-refractivity contribution in [2.24, 2.45) is 0 Å². The summed E-state index contributed by atoms with van der Waals surface area (Å²) in [5.41, 5.74) is 2.26. The van der Waals surface area contributed by atoms with Crippen LogP contribution in [0.3, 0.4) is 0 Å². The van der Waals surface area contributed by atoms with Gasteiger partial charge in [-0.15, -0.1) is 6.58 Å². The third-order valence-electron chi connectivity index (χ3n) is 2.62. The van der Waals surface area contributed by atoms with E-state index >= 15 is 0 Å². The van der Waals surface area contributed by atoms with Gasteiger partial charge in [-0.2, -0.15) is 0 Å². The van der Waals surface area contributed by atoms with Crippen molar-refractivity contribution >= 4 is 0 Å². The van der Waals surface area contributed by atoms with E-state index < -0.39 is 0 Å². The molecule has 1 atom stereocenters. The fraction of sp³-hybridized carbons (Fsp3) is 0.133. The molecule has 2 nitrogen and oxygen atoms in total. The Balaban J connectivity index is 2.00. The Morgan fingerprint density at radius 2 is 1.88 bits per heavy atom. The molecule has 1 aromatic heterocycles. The van der Waals surface area contributed by atoms with Crippen molar-refractivity contribution in [2.45, 2.75) is 12.6 Å². The molecular weight excluding hydrogens is 208 g/mol. The lowest BCUT2D eigenvalue weighted by Gasteiger charge is -2.14. The van der Waals surface area contributed by atoms with Gasteiger partial charge in [0.25, 0.3) is 0 Å². The molecule has 2 aromatic rings. The van der Waals surface area contributed by atoms with Crippen LogP contribution < -0.4 is 5.32 Å². The number of rotatable bonds is 5. The van der Waals surface area contributed by atoms with Crippen LogP contribution in [0.15, 0.2) is 67.4 Å². The number of nitrogens with zero attached hydrogens (tertiary/aromatic N) is 1. The molecule has 0 aliphatic heterocycles. The maximum absolute atomic E-state index is 4.28. The van der Waals surface area contributed by atoms with Crippen LogP contribution in [0.5, 0.6) is 0 Å². The summed E-state index contributed by atoms with van der Waals surface area (Å²) in [6.45, 7) is 4.61. The summed E-state index contributed by atoms with van der Waals surface area (Å²) in [6.07, 6.45) is 3.72. The fourth-order valence-electron chi connectivity index (χ4n) is 1.71. The third kappa shape index (κ3) is 3.26. The Morgan fingerprint density at radius 1 is 1.12 bits per heavy atom. The minimum Gasteiger partial charge on any atom is -0.301 e. The maximum Gasteiger partial charge on any atom is 0.0541 e. The van der Waals surface area contributed by atoms with E-state index in [0.717, 1.165) is 12.2 Å². The van der Waals surface area contributed by atoms with Crippen LogP contribution in [0.1, 0.15) is 17.3 Å². The molecule has 0 radical (unpaired) electrons. The van der Waals surface area contributed by atoms with Crippen molar-refractivity contribution in [2.75, 3.05) is 0 Å². The molecular formula is C15H16N2. The normalized spacial score (nSPS) is 12.0. The zero-order chi connectivity index (χ0) is 11.9. The van der Waals surface area contributed by atoms with Gasteiger partial charge in [-0.25, -0.2) is 0 Å². The second kappa shape index (κ2) is 5.97. The van der Waals surface area contributed by atoms with Gasteiger partial charge in [0.2, 0.25) is 0 Å². The number of hydrogen-bond acceptors (Lipinski definition) is 2. The Kier molecular flexibility index (Phi) is 4.05. The first-order valence-electron chi connectivity index (χ1n) is 5.71. The van der Waals surface area contributed by atoms with E-state index in [1.165, 1.54) is 5.56 Å². The summed E-state index contributed by atoms with van der Waals surface area (Å²) in [7, 11) is 0. The van der Waals surface area contributed by atoms with Crippen molar-refractivity contribution in [3.05, 3.63) is 78.6 Å². The number of aromatic nitrogens is 1. The summed E-state index contributed by atoms with van der Waals surface area (Å²) in [5.74, 6) is 0. The second-order valence-electron chi connectivity index (χ2n) is 3.83. The molecule has 2 heteroatoms. The van der Waals surface area contributed by atoms with Gasteiger partial charge >= 0.3 is 0 Å². The topological polar surface area (TPSA) is 24.9 Å². The van der Waals surface area contributed by atoms with Gasteiger partial charge < -0.3 is 5.32 Å². The lowest BCUT2D eigenvalue weighted by Crippen LogP contribution is -2.19. The molecule has 1 heterocycles. The highest BCUT2D eigenvalue weighted by Crippen LogP contribution is 2.13. The summed E-state index contributed by atoms with van der Waals surface area (Å²) < 4.78 is 0. The summed E-state index contributed by atoms with van der Waals surface area (Å²) in [5, 5.41) is 3.42. The van der Waals surface area contributed by atoms with Crippen LogP contribution in [0.4, 0.5) is 0 Å². The van der Waals surface area contributed by atoms with Gasteiger partial charge in [0.05, 0.1) is 11.7 Å². The Morgan fingerprint density at radius 3 is 2.53 bits per heavy atom. The zero-order valence-electron chi connectivity index (χ0n) is 9.71. The van der Waals surface area contributed by atoms with Crippen LogP contribution in [-0.2, 0) is 6.54 Å². The summed E-state index contributed by atoms with van der Waals surface area (Å²) in [6, 6.07) is 16.4. The molecule has 17 heavy (non-hydrogen) atoms. The highest BCUT2D eigenvalue weighted by molar-refractivity contribution is 5.22. The van der Waals surface area contributed by atoms with Crippen LogP contribution in [0.25, 0.3) is 0 Å². The molecule has 0 spiro atoms. The molecule has 0 bridgehead atoms. The van der Waals surface area contributed by atoms with Gasteiger partial charge in [0, 0.05) is 12.7 Å². The van der Waals surface area contributed by atoms with Gasteiger partial charge in [-0.1, -0.05) is 42.5 Å². The molecule has 86 valence electrons. The first kappa shape index (κ1) is 11.6. The predicted octanol–water partition coefficient (Wildman–Crippen LogP) is 3.10. The predicted molar refractivity (Wildman–Crippen MR) is 70.5 cm³/mol. The van der Waals surface area contributed by atoms with Gasteiger partial charge in [-0.3, -0.25) is 4.98 Å². The van der Waals surface area contributed by atoms with E-state index in [1.54, 1.807) is 0 Å². The minimum absolute atomic E-state index is 0.165. The molecule has 1 N–H and O–H groups in total. The van der Waals surface area contributed by atoms with Crippen LogP contribution in [0, 0.1) is 0 Å². The first-order chi connectivity index (χ1) is 8.40. The second-order valence-corrected chi connectivity index (χ2v) is 3.83. The third-order valence-corrected chi connectivity index (χ3v) is 2.62. The first-order valence-corrected chi connectivity index (χ1v) is 5.71. The standard InChI is InChI=1S/C15H16N2/c1-2-15(13-8-4-3-5-9-13)17-12-14-10-6-7-11-16-14/h2-11,15,17H,1,12H2.